The van der Waals surface area contributed by atoms with Crippen molar-refractivity contribution < 1.29 is 19.0 Å². The number of rotatable bonds is 4. The van der Waals surface area contributed by atoms with Crippen LogP contribution in [0, 0.1) is 5.82 Å². The fraction of sp³-hybridized carbons (Fsp3) is 0.417. The number of phenols is 1. The smallest absolute Gasteiger partial charge is 0.322 e. The minimum Gasteiger partial charge on any atom is -0.508 e. The molecule has 1 unspecified atom stereocenters. The molecule has 0 aliphatic carbocycles. The summed E-state index contributed by atoms with van der Waals surface area (Å²) < 4.78 is 17.6. The molecule has 0 fully saturated rings. The number of carbonyl (C=O) groups is 1. The summed E-state index contributed by atoms with van der Waals surface area (Å²) in [5, 5.41) is 12.5. The molecule has 0 saturated carbocycles. The highest BCUT2D eigenvalue weighted by molar-refractivity contribution is 5.75. The van der Waals surface area contributed by atoms with E-state index in [4.69, 9.17) is 0 Å². The Morgan fingerprint density at radius 1 is 1.47 bits per heavy atom. The van der Waals surface area contributed by atoms with E-state index in [1.165, 1.54) is 25.3 Å². The highest BCUT2D eigenvalue weighted by atomic mass is 19.1. The molecule has 1 aromatic rings. The Balaban J connectivity index is 2.79. The molecule has 0 spiro atoms. The molecule has 1 aromatic carbocycles. The van der Waals surface area contributed by atoms with Crippen LogP contribution in [-0.2, 0) is 9.53 Å². The minimum atomic E-state index is -0.530. The first-order chi connectivity index (χ1) is 7.95. The van der Waals surface area contributed by atoms with Crippen LogP contribution in [0.5, 0.6) is 5.75 Å². The van der Waals surface area contributed by atoms with Gasteiger partial charge in [0.1, 0.15) is 17.6 Å². The Hall–Kier alpha value is -1.62. The predicted molar refractivity (Wildman–Crippen MR) is 61.1 cm³/mol. The maximum Gasteiger partial charge on any atom is 0.322 e. The Morgan fingerprint density at radius 2 is 2.12 bits per heavy atom. The monoisotopic (exact) mass is 241 g/mol. The second-order valence-electron chi connectivity index (χ2n) is 3.84. The van der Waals surface area contributed by atoms with E-state index >= 15 is 0 Å². The van der Waals surface area contributed by atoms with Crippen molar-refractivity contribution in [2.45, 2.75) is 25.9 Å². The van der Waals surface area contributed by atoms with Gasteiger partial charge in [-0.05, 0) is 32.0 Å². The van der Waals surface area contributed by atoms with Gasteiger partial charge < -0.3 is 9.84 Å². The van der Waals surface area contributed by atoms with Crippen LogP contribution in [0.15, 0.2) is 18.2 Å². The number of phenolic OH excluding ortho intramolecular Hbond substituents is 1. The second kappa shape index (κ2) is 5.63. The number of aromatic hydroxyl groups is 1. The van der Waals surface area contributed by atoms with E-state index in [1.54, 1.807) is 13.8 Å². The molecule has 0 aromatic heterocycles. The normalized spacial score (nSPS) is 14.1. The molecule has 0 bridgehead atoms. The molecular formula is C12H16FNO3. The summed E-state index contributed by atoms with van der Waals surface area (Å²) in [6.07, 6.45) is 0. The molecule has 0 saturated heterocycles. The van der Waals surface area contributed by atoms with E-state index in [-0.39, 0.29) is 11.8 Å². The second-order valence-corrected chi connectivity index (χ2v) is 3.84. The maximum absolute atomic E-state index is 13.0. The summed E-state index contributed by atoms with van der Waals surface area (Å²) in [6, 6.07) is 2.80. The first-order valence-electron chi connectivity index (χ1n) is 5.28. The van der Waals surface area contributed by atoms with Gasteiger partial charge in [-0.1, -0.05) is 0 Å². The fourth-order valence-electron chi connectivity index (χ4n) is 1.58. The van der Waals surface area contributed by atoms with Crippen molar-refractivity contribution in [3.8, 4) is 5.75 Å². The van der Waals surface area contributed by atoms with Crippen LogP contribution >= 0.6 is 0 Å². The third-order valence-corrected chi connectivity index (χ3v) is 2.51. The quantitative estimate of drug-likeness (QED) is 0.788. The zero-order chi connectivity index (χ0) is 13.0. The van der Waals surface area contributed by atoms with Crippen LogP contribution in [0.25, 0.3) is 0 Å². The number of esters is 1. The molecule has 0 radical (unpaired) electrons. The molecule has 0 aliphatic heterocycles. The topological polar surface area (TPSA) is 58.6 Å². The van der Waals surface area contributed by atoms with Gasteiger partial charge in [-0.2, -0.15) is 0 Å². The van der Waals surface area contributed by atoms with Crippen molar-refractivity contribution in [3.63, 3.8) is 0 Å². The fourth-order valence-corrected chi connectivity index (χ4v) is 1.58. The average Bonchev–Trinajstić information content (AvgIpc) is 2.30. The number of hydrogen-bond acceptors (Lipinski definition) is 4. The van der Waals surface area contributed by atoms with E-state index in [1.807, 2.05) is 0 Å². The molecule has 0 heterocycles. The lowest BCUT2D eigenvalue weighted by Gasteiger charge is -2.19. The average molecular weight is 241 g/mol. The van der Waals surface area contributed by atoms with E-state index in [2.05, 4.69) is 10.1 Å². The van der Waals surface area contributed by atoms with Gasteiger partial charge in [0.25, 0.3) is 0 Å². The van der Waals surface area contributed by atoms with E-state index < -0.39 is 17.8 Å². The molecule has 4 nitrogen and oxygen atoms in total. The van der Waals surface area contributed by atoms with Gasteiger partial charge in [-0.25, -0.2) is 4.39 Å². The van der Waals surface area contributed by atoms with E-state index in [0.717, 1.165) is 0 Å². The van der Waals surface area contributed by atoms with Gasteiger partial charge in [-0.3, -0.25) is 10.1 Å². The molecule has 0 amide bonds. The van der Waals surface area contributed by atoms with Crippen molar-refractivity contribution in [2.24, 2.45) is 0 Å². The van der Waals surface area contributed by atoms with E-state index in [9.17, 15) is 14.3 Å². The standard InChI is InChI=1S/C12H16FNO3/c1-7(14-8(2)12(16)17-3)10-6-9(13)4-5-11(10)15/h4-8,14-15H,1-3H3/t7?,8-/m0/s1. The number of benzene rings is 1. The van der Waals surface area contributed by atoms with Crippen molar-refractivity contribution in [2.75, 3.05) is 7.11 Å². The number of ether oxygens (including phenoxy) is 1. The van der Waals surface area contributed by atoms with Gasteiger partial charge in [0.15, 0.2) is 0 Å². The Bertz CT molecular complexity index is 409. The molecular weight excluding hydrogens is 225 g/mol. The number of halogens is 1. The van der Waals surface area contributed by atoms with Crippen molar-refractivity contribution in [1.29, 1.82) is 0 Å². The molecule has 0 aliphatic rings. The Kier molecular flexibility index (Phi) is 4.45. The molecule has 2 N–H and O–H groups in total. The van der Waals surface area contributed by atoms with Gasteiger partial charge >= 0.3 is 5.97 Å². The van der Waals surface area contributed by atoms with Crippen LogP contribution < -0.4 is 5.32 Å². The van der Waals surface area contributed by atoms with Crippen LogP contribution in [0.3, 0.4) is 0 Å². The molecule has 2 atom stereocenters. The van der Waals surface area contributed by atoms with E-state index in [0.29, 0.717) is 5.56 Å². The number of carbonyl (C=O) groups excluding carboxylic acids is 1. The zero-order valence-electron chi connectivity index (χ0n) is 10.0. The van der Waals surface area contributed by atoms with Crippen LogP contribution in [-0.4, -0.2) is 24.2 Å². The van der Waals surface area contributed by atoms with Crippen LogP contribution in [0.1, 0.15) is 25.5 Å². The van der Waals surface area contributed by atoms with Gasteiger partial charge in [0.2, 0.25) is 0 Å². The van der Waals surface area contributed by atoms with Gasteiger partial charge in [0, 0.05) is 11.6 Å². The molecule has 94 valence electrons. The highest BCUT2D eigenvalue weighted by Crippen LogP contribution is 2.24. The summed E-state index contributed by atoms with van der Waals surface area (Å²) in [4.78, 5) is 11.2. The highest BCUT2D eigenvalue weighted by Gasteiger charge is 2.18. The molecule has 5 heteroatoms. The first kappa shape index (κ1) is 13.4. The van der Waals surface area contributed by atoms with Gasteiger partial charge in [0.05, 0.1) is 7.11 Å². The summed E-state index contributed by atoms with van der Waals surface area (Å²) in [5.74, 6) is -0.853. The third-order valence-electron chi connectivity index (χ3n) is 2.51. The minimum absolute atomic E-state index is 0.0107. The zero-order valence-corrected chi connectivity index (χ0v) is 10.0. The number of hydrogen-bond donors (Lipinski definition) is 2. The SMILES string of the molecule is COC(=O)[C@H](C)NC(C)c1cc(F)ccc1O. The predicted octanol–water partition coefficient (Wildman–Crippen LogP) is 1.74. The lowest BCUT2D eigenvalue weighted by molar-refractivity contribution is -0.142. The largest absolute Gasteiger partial charge is 0.508 e. The van der Waals surface area contributed by atoms with Crippen LogP contribution in [0.4, 0.5) is 4.39 Å². The van der Waals surface area contributed by atoms with Crippen LogP contribution in [0.2, 0.25) is 0 Å². The molecule has 1 rings (SSSR count). The Labute approximate surface area is 99.4 Å². The summed E-state index contributed by atoms with van der Waals surface area (Å²) >= 11 is 0. The third kappa shape index (κ3) is 3.42. The van der Waals surface area contributed by atoms with Crippen molar-refractivity contribution in [1.82, 2.24) is 5.32 Å². The summed E-state index contributed by atoms with van der Waals surface area (Å²) in [5.41, 5.74) is 0.403. The van der Waals surface area contributed by atoms with Crippen molar-refractivity contribution >= 4 is 5.97 Å². The van der Waals surface area contributed by atoms with Crippen molar-refractivity contribution in [3.05, 3.63) is 29.6 Å². The maximum atomic E-state index is 13.0. The first-order valence-corrected chi connectivity index (χ1v) is 5.28. The number of methoxy groups -OCH3 is 1. The summed E-state index contributed by atoms with van der Waals surface area (Å²) in [7, 11) is 1.30. The number of nitrogens with one attached hydrogen (secondary N) is 1. The lowest BCUT2D eigenvalue weighted by Crippen LogP contribution is -2.36. The summed E-state index contributed by atoms with van der Waals surface area (Å²) in [6.45, 7) is 3.37. The lowest BCUT2D eigenvalue weighted by atomic mass is 10.1. The molecule has 17 heavy (non-hydrogen) atoms. The van der Waals surface area contributed by atoms with Gasteiger partial charge in [-0.15, -0.1) is 0 Å². The Morgan fingerprint density at radius 3 is 2.71 bits per heavy atom.